The Labute approximate surface area is 164 Å². The van der Waals surface area contributed by atoms with Crippen LogP contribution in [0.3, 0.4) is 0 Å². The fraction of sp³-hybridized carbons (Fsp3) is 0.333. The Kier molecular flexibility index (Phi) is 6.08. The molecule has 0 aliphatic heterocycles. The maximum absolute atomic E-state index is 12.5. The number of para-hydroxylation sites is 1. The van der Waals surface area contributed by atoms with Crippen molar-refractivity contribution in [2.24, 2.45) is 0 Å². The molecule has 10 heteroatoms. The van der Waals surface area contributed by atoms with Gasteiger partial charge < -0.3 is 10.1 Å². The fourth-order valence-corrected chi connectivity index (χ4v) is 3.15. The van der Waals surface area contributed by atoms with Crippen LogP contribution in [0, 0.1) is 13.8 Å². The summed E-state index contributed by atoms with van der Waals surface area (Å²) in [6.45, 7) is 0.827. The Morgan fingerprint density at radius 3 is 2.75 bits per heavy atom. The second-order valence-electron chi connectivity index (χ2n) is 6.01. The highest BCUT2D eigenvalue weighted by Gasteiger charge is 2.16. The van der Waals surface area contributed by atoms with Crippen LogP contribution in [0.4, 0.5) is 8.78 Å². The molecule has 2 heterocycles. The lowest BCUT2D eigenvalue weighted by Crippen LogP contribution is -2.26. The molecule has 0 atom stereocenters. The Balaban J connectivity index is 1.74. The van der Waals surface area contributed by atoms with Crippen LogP contribution in [0.5, 0.6) is 5.75 Å². The number of hydrogen-bond acceptors (Lipinski definition) is 6. The number of alkyl halides is 2. The van der Waals surface area contributed by atoms with Crippen LogP contribution in [0.15, 0.2) is 29.4 Å². The first-order valence-corrected chi connectivity index (χ1v) is 9.67. The topological polar surface area (TPSA) is 81.4 Å². The van der Waals surface area contributed by atoms with Crippen molar-refractivity contribution in [1.29, 1.82) is 0 Å². The molecule has 0 saturated carbocycles. The van der Waals surface area contributed by atoms with E-state index in [2.05, 4.69) is 25.1 Å². The second-order valence-corrected chi connectivity index (χ2v) is 6.78. The number of aromatic nitrogens is 4. The standard InChI is InChI=1S/C18H19F2N5O2S/c1-10-13(11(2)25-17(22-10)23-18(24-25)28-3)8-15(26)21-9-12-6-4-5-7-14(12)27-16(19)20/h4-7,16H,8-9H2,1-3H3,(H,21,26). The summed E-state index contributed by atoms with van der Waals surface area (Å²) in [6.07, 6.45) is 1.97. The molecule has 0 aliphatic rings. The van der Waals surface area contributed by atoms with E-state index in [9.17, 15) is 13.6 Å². The lowest BCUT2D eigenvalue weighted by molar-refractivity contribution is -0.120. The van der Waals surface area contributed by atoms with Gasteiger partial charge >= 0.3 is 6.61 Å². The number of halogens is 2. The lowest BCUT2D eigenvalue weighted by Gasteiger charge is -2.13. The molecule has 1 amide bonds. The average molecular weight is 407 g/mol. The number of nitrogens with zero attached hydrogens (tertiary/aromatic N) is 4. The minimum Gasteiger partial charge on any atom is -0.434 e. The summed E-state index contributed by atoms with van der Waals surface area (Å²) < 4.78 is 31.1. The fourth-order valence-electron chi connectivity index (χ4n) is 2.81. The number of nitrogens with one attached hydrogen (secondary N) is 1. The summed E-state index contributed by atoms with van der Waals surface area (Å²) in [4.78, 5) is 21.2. The molecule has 0 unspecified atom stereocenters. The summed E-state index contributed by atoms with van der Waals surface area (Å²) in [5, 5.41) is 7.70. The Morgan fingerprint density at radius 2 is 2.04 bits per heavy atom. The van der Waals surface area contributed by atoms with E-state index in [0.717, 1.165) is 11.3 Å². The molecule has 0 aliphatic carbocycles. The van der Waals surface area contributed by atoms with Gasteiger partial charge in [0, 0.05) is 29.1 Å². The van der Waals surface area contributed by atoms with Gasteiger partial charge in [0.05, 0.1) is 6.42 Å². The van der Waals surface area contributed by atoms with Gasteiger partial charge in [-0.05, 0) is 26.2 Å². The zero-order valence-corrected chi connectivity index (χ0v) is 16.4. The van der Waals surface area contributed by atoms with Crippen molar-refractivity contribution in [1.82, 2.24) is 24.9 Å². The van der Waals surface area contributed by atoms with Crippen LogP contribution < -0.4 is 10.1 Å². The smallest absolute Gasteiger partial charge is 0.387 e. The predicted molar refractivity (Wildman–Crippen MR) is 101 cm³/mol. The van der Waals surface area contributed by atoms with Gasteiger partial charge in [0.2, 0.25) is 11.1 Å². The summed E-state index contributed by atoms with van der Waals surface area (Å²) in [7, 11) is 0. The first-order chi connectivity index (χ1) is 13.4. The predicted octanol–water partition coefficient (Wildman–Crippen LogP) is 2.92. The van der Waals surface area contributed by atoms with Gasteiger partial charge in [-0.3, -0.25) is 4.79 Å². The summed E-state index contributed by atoms with van der Waals surface area (Å²) in [6, 6.07) is 6.35. The van der Waals surface area contributed by atoms with E-state index < -0.39 is 6.61 Å². The molecule has 3 aromatic rings. The zero-order chi connectivity index (χ0) is 20.3. The normalized spacial score (nSPS) is 11.2. The van der Waals surface area contributed by atoms with Gasteiger partial charge in [-0.15, -0.1) is 5.10 Å². The monoisotopic (exact) mass is 407 g/mol. The lowest BCUT2D eigenvalue weighted by atomic mass is 10.1. The molecular formula is C18H19F2N5O2S. The van der Waals surface area contributed by atoms with E-state index >= 15 is 0 Å². The number of amides is 1. The van der Waals surface area contributed by atoms with Gasteiger partial charge in [-0.1, -0.05) is 30.0 Å². The first-order valence-electron chi connectivity index (χ1n) is 8.45. The molecule has 0 fully saturated rings. The van der Waals surface area contributed by atoms with E-state index in [0.29, 0.717) is 22.2 Å². The quantitative estimate of drug-likeness (QED) is 0.607. The van der Waals surface area contributed by atoms with Gasteiger partial charge in [0.1, 0.15) is 5.75 Å². The molecule has 2 aromatic heterocycles. The van der Waals surface area contributed by atoms with Gasteiger partial charge in [-0.25, -0.2) is 9.50 Å². The highest BCUT2D eigenvalue weighted by atomic mass is 32.2. The van der Waals surface area contributed by atoms with Gasteiger partial charge in [-0.2, -0.15) is 13.8 Å². The number of carbonyl (C=O) groups is 1. The molecule has 1 aromatic carbocycles. The second kappa shape index (κ2) is 8.51. The third kappa shape index (κ3) is 4.38. The van der Waals surface area contributed by atoms with Crippen LogP contribution in [-0.2, 0) is 17.8 Å². The third-order valence-corrected chi connectivity index (χ3v) is 4.75. The number of thioether (sulfide) groups is 1. The molecule has 148 valence electrons. The minimum atomic E-state index is -2.92. The number of aryl methyl sites for hydroxylation is 2. The van der Waals surface area contributed by atoms with Crippen molar-refractivity contribution in [2.75, 3.05) is 6.26 Å². The third-order valence-electron chi connectivity index (χ3n) is 4.21. The number of hydrogen-bond donors (Lipinski definition) is 1. The molecule has 0 spiro atoms. The molecule has 0 saturated heterocycles. The van der Waals surface area contributed by atoms with Crippen molar-refractivity contribution >= 4 is 23.4 Å². The summed E-state index contributed by atoms with van der Waals surface area (Å²) in [5.41, 5.74) is 2.70. The maximum Gasteiger partial charge on any atom is 0.387 e. The van der Waals surface area contributed by atoms with Crippen molar-refractivity contribution in [3.8, 4) is 5.75 Å². The average Bonchev–Trinajstić information content (AvgIpc) is 3.07. The number of carbonyl (C=O) groups excluding carboxylic acids is 1. The Bertz CT molecular complexity index is 1010. The van der Waals surface area contributed by atoms with Crippen LogP contribution in [0.2, 0.25) is 0 Å². The molecule has 28 heavy (non-hydrogen) atoms. The van der Waals surface area contributed by atoms with Crippen molar-refractivity contribution in [3.63, 3.8) is 0 Å². The minimum absolute atomic E-state index is 0.0421. The van der Waals surface area contributed by atoms with Gasteiger partial charge in [0.25, 0.3) is 5.78 Å². The van der Waals surface area contributed by atoms with Crippen LogP contribution in [-0.4, -0.2) is 38.4 Å². The van der Waals surface area contributed by atoms with Crippen LogP contribution >= 0.6 is 11.8 Å². The molecule has 0 radical (unpaired) electrons. The van der Waals surface area contributed by atoms with E-state index in [4.69, 9.17) is 0 Å². The van der Waals surface area contributed by atoms with E-state index in [1.165, 1.54) is 17.8 Å². The molecule has 7 nitrogen and oxygen atoms in total. The molecule has 1 N–H and O–H groups in total. The largest absolute Gasteiger partial charge is 0.434 e. The summed E-state index contributed by atoms with van der Waals surface area (Å²) in [5.74, 6) is 0.270. The first kappa shape index (κ1) is 20.0. The van der Waals surface area contributed by atoms with E-state index in [1.807, 2.05) is 20.1 Å². The highest BCUT2D eigenvalue weighted by Crippen LogP contribution is 2.20. The van der Waals surface area contributed by atoms with Crippen molar-refractivity contribution in [3.05, 3.63) is 46.8 Å². The Morgan fingerprint density at radius 1 is 1.29 bits per heavy atom. The van der Waals surface area contributed by atoms with Gasteiger partial charge in [0.15, 0.2) is 0 Å². The van der Waals surface area contributed by atoms with E-state index in [-0.39, 0.29) is 24.6 Å². The number of ether oxygens (including phenoxy) is 1. The molecule has 3 rings (SSSR count). The molecular weight excluding hydrogens is 388 g/mol. The SMILES string of the molecule is CSc1nc2nc(C)c(CC(=O)NCc3ccccc3OC(F)F)c(C)n2n1. The van der Waals surface area contributed by atoms with Crippen molar-refractivity contribution < 1.29 is 18.3 Å². The number of benzene rings is 1. The van der Waals surface area contributed by atoms with Crippen LogP contribution in [0.1, 0.15) is 22.5 Å². The zero-order valence-electron chi connectivity index (χ0n) is 15.6. The summed E-state index contributed by atoms with van der Waals surface area (Å²) >= 11 is 1.41. The number of fused-ring (bicyclic) bond motifs is 1. The Hall–Kier alpha value is -2.75. The highest BCUT2D eigenvalue weighted by molar-refractivity contribution is 7.98. The number of rotatable bonds is 7. The van der Waals surface area contributed by atoms with E-state index in [1.54, 1.807) is 22.7 Å². The van der Waals surface area contributed by atoms with Crippen LogP contribution in [0.25, 0.3) is 5.78 Å². The maximum atomic E-state index is 12.5. The molecule has 0 bridgehead atoms. The van der Waals surface area contributed by atoms with Crippen molar-refractivity contribution in [2.45, 2.75) is 38.6 Å².